The van der Waals surface area contributed by atoms with Crippen LogP contribution in [0.25, 0.3) is 0 Å². The Balaban J connectivity index is 1.65. The van der Waals surface area contributed by atoms with Crippen LogP contribution in [0.4, 0.5) is 0 Å². The van der Waals surface area contributed by atoms with Gasteiger partial charge in [0.15, 0.2) is 0 Å². The van der Waals surface area contributed by atoms with Gasteiger partial charge in [-0.05, 0) is 50.5 Å². The van der Waals surface area contributed by atoms with Crippen LogP contribution in [0.5, 0.6) is 0 Å². The highest BCUT2D eigenvalue weighted by Crippen LogP contribution is 2.42. The minimum Gasteiger partial charge on any atom is -0.380 e. The van der Waals surface area contributed by atoms with Crippen LogP contribution in [0.2, 0.25) is 0 Å². The molecule has 3 aliphatic rings. The fraction of sp³-hybridized carbons (Fsp3) is 0.938. The van der Waals surface area contributed by atoms with Gasteiger partial charge >= 0.3 is 0 Å². The van der Waals surface area contributed by atoms with Gasteiger partial charge in [-0.1, -0.05) is 6.92 Å². The van der Waals surface area contributed by atoms with Crippen LogP contribution in [0.1, 0.15) is 39.0 Å². The Hall–Kier alpha value is -0.630. The molecule has 1 saturated heterocycles. The number of ether oxygens (including phenoxy) is 1. The lowest BCUT2D eigenvalue weighted by Crippen LogP contribution is -2.58. The Bertz CT molecular complexity index is 386. The molecule has 4 nitrogen and oxygen atoms in total. The summed E-state index contributed by atoms with van der Waals surface area (Å²) in [5.41, 5.74) is -0.306. The third-order valence-corrected chi connectivity index (χ3v) is 5.26. The first-order valence-corrected chi connectivity index (χ1v) is 8.11. The van der Waals surface area contributed by atoms with Crippen LogP contribution in [0.15, 0.2) is 0 Å². The molecule has 20 heavy (non-hydrogen) atoms. The summed E-state index contributed by atoms with van der Waals surface area (Å²) in [6.07, 6.45) is 6.41. The molecule has 3 fully saturated rings. The summed E-state index contributed by atoms with van der Waals surface area (Å²) in [5.74, 6) is 1.19. The van der Waals surface area contributed by atoms with Crippen molar-refractivity contribution in [3.63, 3.8) is 0 Å². The van der Waals surface area contributed by atoms with E-state index in [9.17, 15) is 5.26 Å². The molecule has 0 aromatic heterocycles. The van der Waals surface area contributed by atoms with Gasteiger partial charge in [-0.15, -0.1) is 0 Å². The first kappa shape index (κ1) is 14.3. The van der Waals surface area contributed by atoms with E-state index in [1.807, 2.05) is 7.11 Å². The van der Waals surface area contributed by atoms with E-state index in [1.165, 1.54) is 32.1 Å². The zero-order chi connectivity index (χ0) is 14.2. The molecule has 2 aliphatic carbocycles. The van der Waals surface area contributed by atoms with E-state index in [4.69, 9.17) is 4.74 Å². The van der Waals surface area contributed by atoms with Gasteiger partial charge in [-0.3, -0.25) is 10.2 Å². The van der Waals surface area contributed by atoms with Crippen molar-refractivity contribution in [3.05, 3.63) is 0 Å². The zero-order valence-corrected chi connectivity index (χ0v) is 12.8. The van der Waals surface area contributed by atoms with Crippen LogP contribution < -0.4 is 5.32 Å². The maximum atomic E-state index is 9.80. The Kier molecular flexibility index (Phi) is 4.03. The van der Waals surface area contributed by atoms with E-state index >= 15 is 0 Å². The van der Waals surface area contributed by atoms with Crippen molar-refractivity contribution in [3.8, 4) is 6.07 Å². The Morgan fingerprint density at radius 2 is 2.05 bits per heavy atom. The molecule has 4 heteroatoms. The second-order valence-electron chi connectivity index (χ2n) is 7.05. The number of nitriles is 1. The number of piperidine rings is 1. The van der Waals surface area contributed by atoms with Gasteiger partial charge < -0.3 is 4.74 Å². The lowest BCUT2D eigenvalue weighted by Gasteiger charge is -2.40. The van der Waals surface area contributed by atoms with Crippen LogP contribution in [0.3, 0.4) is 0 Å². The Labute approximate surface area is 122 Å². The molecule has 0 amide bonds. The molecule has 1 aliphatic heterocycles. The minimum absolute atomic E-state index is 0.306. The van der Waals surface area contributed by atoms with Crippen molar-refractivity contribution in [1.29, 1.82) is 5.26 Å². The van der Waals surface area contributed by atoms with Gasteiger partial charge in [0.05, 0.1) is 12.2 Å². The first-order valence-electron chi connectivity index (χ1n) is 8.11. The van der Waals surface area contributed by atoms with Crippen LogP contribution in [-0.2, 0) is 4.74 Å². The number of hydrogen-bond donors (Lipinski definition) is 1. The summed E-state index contributed by atoms with van der Waals surface area (Å²) in [6, 6.07) is 3.24. The molecule has 0 spiro atoms. The molecule has 3 unspecified atom stereocenters. The third kappa shape index (κ3) is 3.00. The number of hydrogen-bond acceptors (Lipinski definition) is 4. The van der Waals surface area contributed by atoms with Gasteiger partial charge in [0.25, 0.3) is 0 Å². The highest BCUT2D eigenvalue weighted by atomic mass is 16.5. The van der Waals surface area contributed by atoms with E-state index in [1.54, 1.807) is 0 Å². The maximum Gasteiger partial charge on any atom is 0.122 e. The second kappa shape index (κ2) is 5.63. The molecule has 3 atom stereocenters. The summed E-state index contributed by atoms with van der Waals surface area (Å²) in [6.45, 7) is 5.22. The SMILES string of the molecule is COC1CN(CC(C#N)(NC2CC2)C2CC2)CCC1C. The highest BCUT2D eigenvalue weighted by molar-refractivity contribution is 5.18. The predicted molar refractivity (Wildman–Crippen MR) is 78.2 cm³/mol. The number of methoxy groups -OCH3 is 1. The zero-order valence-electron chi connectivity index (χ0n) is 12.8. The molecule has 0 aromatic rings. The van der Waals surface area contributed by atoms with Gasteiger partial charge in [0, 0.05) is 26.2 Å². The van der Waals surface area contributed by atoms with E-state index < -0.39 is 0 Å². The molecular formula is C16H27N3O. The fourth-order valence-corrected chi connectivity index (χ4v) is 3.52. The lowest BCUT2D eigenvalue weighted by molar-refractivity contribution is -0.0115. The largest absolute Gasteiger partial charge is 0.380 e. The summed E-state index contributed by atoms with van der Waals surface area (Å²) < 4.78 is 5.61. The summed E-state index contributed by atoms with van der Waals surface area (Å²) in [5, 5.41) is 13.5. The van der Waals surface area contributed by atoms with Crippen molar-refractivity contribution < 1.29 is 4.74 Å². The molecule has 3 rings (SSSR count). The van der Waals surface area contributed by atoms with Gasteiger partial charge in [-0.2, -0.15) is 5.26 Å². The van der Waals surface area contributed by atoms with Crippen molar-refractivity contribution in [2.75, 3.05) is 26.7 Å². The van der Waals surface area contributed by atoms with Crippen molar-refractivity contribution in [1.82, 2.24) is 10.2 Å². The monoisotopic (exact) mass is 277 g/mol. The highest BCUT2D eigenvalue weighted by Gasteiger charge is 2.49. The Morgan fingerprint density at radius 3 is 2.60 bits per heavy atom. The molecule has 1 N–H and O–H groups in total. The molecular weight excluding hydrogens is 250 g/mol. The number of nitrogens with one attached hydrogen (secondary N) is 1. The summed E-state index contributed by atoms with van der Waals surface area (Å²) in [7, 11) is 1.81. The third-order valence-electron chi connectivity index (χ3n) is 5.26. The predicted octanol–water partition coefficient (Wildman–Crippen LogP) is 1.77. The van der Waals surface area contributed by atoms with Crippen molar-refractivity contribution >= 4 is 0 Å². The lowest BCUT2D eigenvalue weighted by atomic mass is 9.90. The van der Waals surface area contributed by atoms with Gasteiger partial charge in [0.2, 0.25) is 0 Å². The maximum absolute atomic E-state index is 9.80. The first-order chi connectivity index (χ1) is 9.66. The standard InChI is InChI=1S/C16H27N3O/c1-12-7-8-19(9-15(12)20-2)11-16(10-17,13-3-4-13)18-14-5-6-14/h12-15,18H,3-9,11H2,1-2H3. The van der Waals surface area contributed by atoms with E-state index in [-0.39, 0.29) is 5.54 Å². The number of nitrogens with zero attached hydrogens (tertiary/aromatic N) is 2. The Morgan fingerprint density at radius 1 is 1.30 bits per heavy atom. The van der Waals surface area contributed by atoms with Gasteiger partial charge in [-0.25, -0.2) is 0 Å². The summed E-state index contributed by atoms with van der Waals surface area (Å²) in [4.78, 5) is 2.45. The topological polar surface area (TPSA) is 48.3 Å². The molecule has 0 aromatic carbocycles. The van der Waals surface area contributed by atoms with E-state index in [0.29, 0.717) is 24.0 Å². The molecule has 0 radical (unpaired) electrons. The second-order valence-corrected chi connectivity index (χ2v) is 7.05. The van der Waals surface area contributed by atoms with Crippen LogP contribution in [-0.4, -0.2) is 49.3 Å². The van der Waals surface area contributed by atoms with Gasteiger partial charge in [0.1, 0.15) is 5.54 Å². The van der Waals surface area contributed by atoms with E-state index in [2.05, 4.69) is 23.2 Å². The van der Waals surface area contributed by atoms with Crippen LogP contribution >= 0.6 is 0 Å². The molecule has 1 heterocycles. The number of likely N-dealkylation sites (tertiary alicyclic amines) is 1. The van der Waals surface area contributed by atoms with E-state index in [0.717, 1.165) is 19.6 Å². The van der Waals surface area contributed by atoms with Crippen molar-refractivity contribution in [2.24, 2.45) is 11.8 Å². The quantitative estimate of drug-likeness (QED) is 0.804. The fourth-order valence-electron chi connectivity index (χ4n) is 3.52. The smallest absolute Gasteiger partial charge is 0.122 e. The number of rotatable bonds is 6. The van der Waals surface area contributed by atoms with Crippen molar-refractivity contribution in [2.45, 2.75) is 56.7 Å². The summed E-state index contributed by atoms with van der Waals surface area (Å²) >= 11 is 0. The molecule has 112 valence electrons. The van der Waals surface area contributed by atoms with Crippen LogP contribution in [0, 0.1) is 23.2 Å². The average Bonchev–Trinajstić information content (AvgIpc) is 3.32. The molecule has 2 saturated carbocycles. The average molecular weight is 277 g/mol. The normalized spacial score (nSPS) is 34.5. The minimum atomic E-state index is -0.306. The molecule has 0 bridgehead atoms.